The molecular weight excluding hydrogens is 170 g/mol. The van der Waals surface area contributed by atoms with Crippen LogP contribution < -0.4 is 0 Å². The lowest BCUT2D eigenvalue weighted by molar-refractivity contribution is 0.288. The largest absolute Gasteiger partial charge is 0.372 e. The minimum Gasteiger partial charge on any atom is -0.372 e. The van der Waals surface area contributed by atoms with E-state index in [0.29, 0.717) is 5.41 Å². The Morgan fingerprint density at radius 2 is 1.86 bits per heavy atom. The monoisotopic (exact) mass is 191 g/mol. The highest BCUT2D eigenvalue weighted by Gasteiger charge is 2.19. The van der Waals surface area contributed by atoms with Gasteiger partial charge in [-0.05, 0) is 37.2 Å². The van der Waals surface area contributed by atoms with Crippen LogP contribution in [-0.2, 0) is 0 Å². The highest BCUT2D eigenvalue weighted by molar-refractivity contribution is 5.25. The average Bonchev–Trinajstić information content (AvgIpc) is 2.19. The van der Waals surface area contributed by atoms with Gasteiger partial charge in [0.2, 0.25) is 0 Å². The lowest BCUT2D eigenvalue weighted by atomic mass is 9.85. The number of piperidine rings is 1. The second-order valence-corrected chi connectivity index (χ2v) is 5.20. The second-order valence-electron chi connectivity index (χ2n) is 5.20. The summed E-state index contributed by atoms with van der Waals surface area (Å²) in [6.45, 7) is 7.12. The Morgan fingerprint density at radius 1 is 1.14 bits per heavy atom. The molecule has 0 bridgehead atoms. The van der Waals surface area contributed by atoms with Gasteiger partial charge in [-0.3, -0.25) is 0 Å². The van der Waals surface area contributed by atoms with Crippen molar-refractivity contribution in [3.05, 3.63) is 23.9 Å². The quantitative estimate of drug-likeness (QED) is 0.614. The van der Waals surface area contributed by atoms with Crippen LogP contribution in [0.2, 0.25) is 0 Å². The van der Waals surface area contributed by atoms with Crippen LogP contribution in [0.1, 0.15) is 39.5 Å². The molecule has 0 aromatic heterocycles. The van der Waals surface area contributed by atoms with Gasteiger partial charge in [0.1, 0.15) is 0 Å². The van der Waals surface area contributed by atoms with Crippen LogP contribution in [0.25, 0.3) is 0 Å². The van der Waals surface area contributed by atoms with Crippen molar-refractivity contribution < 1.29 is 0 Å². The van der Waals surface area contributed by atoms with Gasteiger partial charge in [0.05, 0.1) is 0 Å². The third-order valence-corrected chi connectivity index (χ3v) is 3.26. The van der Waals surface area contributed by atoms with E-state index >= 15 is 0 Å². The Labute approximate surface area is 87.5 Å². The molecule has 0 atom stereocenters. The van der Waals surface area contributed by atoms with E-state index in [-0.39, 0.29) is 0 Å². The molecule has 0 radical (unpaired) electrons. The minimum atomic E-state index is 0.374. The van der Waals surface area contributed by atoms with E-state index in [9.17, 15) is 0 Å². The molecular formula is C13H21N. The van der Waals surface area contributed by atoms with Crippen LogP contribution in [0.15, 0.2) is 23.9 Å². The summed E-state index contributed by atoms with van der Waals surface area (Å²) in [4.78, 5) is 2.54. The van der Waals surface area contributed by atoms with Gasteiger partial charge >= 0.3 is 0 Å². The fourth-order valence-corrected chi connectivity index (χ4v) is 2.20. The molecule has 1 aliphatic carbocycles. The molecule has 1 aliphatic heterocycles. The van der Waals surface area contributed by atoms with Crippen LogP contribution in [-0.4, -0.2) is 18.0 Å². The molecule has 2 aliphatic rings. The zero-order chi connectivity index (χ0) is 10.0. The van der Waals surface area contributed by atoms with E-state index in [4.69, 9.17) is 0 Å². The van der Waals surface area contributed by atoms with Gasteiger partial charge in [-0.1, -0.05) is 26.0 Å². The fraction of sp³-hybridized carbons (Fsp3) is 0.692. The van der Waals surface area contributed by atoms with Crippen molar-refractivity contribution in [2.45, 2.75) is 39.5 Å². The van der Waals surface area contributed by atoms with Gasteiger partial charge in [-0.2, -0.15) is 0 Å². The molecule has 0 N–H and O–H groups in total. The first kappa shape index (κ1) is 9.82. The molecule has 1 fully saturated rings. The highest BCUT2D eigenvalue weighted by atomic mass is 15.1. The van der Waals surface area contributed by atoms with Crippen LogP contribution >= 0.6 is 0 Å². The van der Waals surface area contributed by atoms with Crippen molar-refractivity contribution in [1.82, 2.24) is 4.90 Å². The van der Waals surface area contributed by atoms with Gasteiger partial charge in [0.15, 0.2) is 0 Å². The standard InChI is InChI=1S/C13H21N/c1-13(2)8-6-12(7-9-13)14-10-4-3-5-11-14/h6-8H,3-5,9-11H2,1-2H3. The van der Waals surface area contributed by atoms with Gasteiger partial charge in [0, 0.05) is 18.8 Å². The summed E-state index contributed by atoms with van der Waals surface area (Å²) in [5.74, 6) is 0. The summed E-state index contributed by atoms with van der Waals surface area (Å²) in [5, 5.41) is 0. The van der Waals surface area contributed by atoms with E-state index in [1.165, 1.54) is 44.5 Å². The predicted molar refractivity (Wildman–Crippen MR) is 61.0 cm³/mol. The zero-order valence-electron chi connectivity index (χ0n) is 9.42. The summed E-state index contributed by atoms with van der Waals surface area (Å²) in [6, 6.07) is 0. The van der Waals surface area contributed by atoms with Gasteiger partial charge in [0.25, 0.3) is 0 Å². The number of hydrogen-bond acceptors (Lipinski definition) is 1. The maximum atomic E-state index is 2.54. The van der Waals surface area contributed by atoms with Crippen molar-refractivity contribution in [2.24, 2.45) is 5.41 Å². The third kappa shape index (κ3) is 2.20. The van der Waals surface area contributed by atoms with E-state index in [0.717, 1.165) is 0 Å². The van der Waals surface area contributed by atoms with E-state index in [1.807, 2.05) is 0 Å². The number of allylic oxidation sites excluding steroid dienone is 3. The molecule has 14 heavy (non-hydrogen) atoms. The first-order valence-electron chi connectivity index (χ1n) is 5.82. The molecule has 0 saturated carbocycles. The maximum absolute atomic E-state index is 2.54. The number of nitrogens with zero attached hydrogens (tertiary/aromatic N) is 1. The Morgan fingerprint density at radius 3 is 2.43 bits per heavy atom. The lowest BCUT2D eigenvalue weighted by Gasteiger charge is -2.33. The zero-order valence-corrected chi connectivity index (χ0v) is 9.42. The van der Waals surface area contributed by atoms with E-state index in [1.54, 1.807) is 0 Å². The minimum absolute atomic E-state index is 0.374. The summed E-state index contributed by atoms with van der Waals surface area (Å²) in [5.41, 5.74) is 1.84. The maximum Gasteiger partial charge on any atom is 0.0322 e. The molecule has 1 saturated heterocycles. The molecule has 78 valence electrons. The Bertz CT molecular complexity index is 254. The second kappa shape index (κ2) is 3.80. The molecule has 0 aromatic carbocycles. The topological polar surface area (TPSA) is 3.24 Å². The predicted octanol–water partition coefficient (Wildman–Crippen LogP) is 3.34. The summed E-state index contributed by atoms with van der Waals surface area (Å²) in [7, 11) is 0. The van der Waals surface area contributed by atoms with E-state index < -0.39 is 0 Å². The van der Waals surface area contributed by atoms with Crippen LogP contribution in [0.3, 0.4) is 0 Å². The van der Waals surface area contributed by atoms with Gasteiger partial charge in [-0.25, -0.2) is 0 Å². The van der Waals surface area contributed by atoms with Crippen LogP contribution in [0.5, 0.6) is 0 Å². The highest BCUT2D eigenvalue weighted by Crippen LogP contribution is 2.30. The van der Waals surface area contributed by atoms with Crippen molar-refractivity contribution in [1.29, 1.82) is 0 Å². The molecule has 0 aromatic rings. The van der Waals surface area contributed by atoms with Crippen molar-refractivity contribution in [2.75, 3.05) is 13.1 Å². The van der Waals surface area contributed by atoms with Gasteiger partial charge in [-0.15, -0.1) is 0 Å². The Hall–Kier alpha value is -0.720. The summed E-state index contributed by atoms with van der Waals surface area (Å²) in [6.07, 6.45) is 12.4. The molecule has 0 spiro atoms. The normalized spacial score (nSPS) is 26.1. The summed E-state index contributed by atoms with van der Waals surface area (Å²) >= 11 is 0. The SMILES string of the molecule is CC1(C)C=CC(N2CCCCC2)=CC1. The average molecular weight is 191 g/mol. The molecule has 1 nitrogen and oxygen atoms in total. The first-order chi connectivity index (χ1) is 6.67. The number of hydrogen-bond donors (Lipinski definition) is 0. The van der Waals surface area contributed by atoms with Crippen LogP contribution in [0, 0.1) is 5.41 Å². The lowest BCUT2D eigenvalue weighted by Crippen LogP contribution is -2.29. The number of rotatable bonds is 1. The van der Waals surface area contributed by atoms with Crippen molar-refractivity contribution in [3.8, 4) is 0 Å². The smallest absolute Gasteiger partial charge is 0.0322 e. The molecule has 1 heteroatoms. The van der Waals surface area contributed by atoms with Gasteiger partial charge < -0.3 is 4.90 Å². The molecule has 0 unspecified atom stereocenters. The van der Waals surface area contributed by atoms with Crippen LogP contribution in [0.4, 0.5) is 0 Å². The molecule has 1 heterocycles. The third-order valence-electron chi connectivity index (χ3n) is 3.26. The first-order valence-corrected chi connectivity index (χ1v) is 5.82. The molecule has 2 rings (SSSR count). The van der Waals surface area contributed by atoms with E-state index in [2.05, 4.69) is 37.0 Å². The number of likely N-dealkylation sites (tertiary alicyclic amines) is 1. The summed E-state index contributed by atoms with van der Waals surface area (Å²) < 4.78 is 0. The fourth-order valence-electron chi connectivity index (χ4n) is 2.20. The van der Waals surface area contributed by atoms with Crippen molar-refractivity contribution in [3.63, 3.8) is 0 Å². The Balaban J connectivity index is 1.99. The Kier molecular flexibility index (Phi) is 2.66. The van der Waals surface area contributed by atoms with Crippen molar-refractivity contribution >= 4 is 0 Å². The molecule has 0 amide bonds.